The summed E-state index contributed by atoms with van der Waals surface area (Å²) < 4.78 is 13.1. The fourth-order valence-electron chi connectivity index (χ4n) is 1.49. The highest BCUT2D eigenvalue weighted by molar-refractivity contribution is 9.11. The summed E-state index contributed by atoms with van der Waals surface area (Å²) >= 11 is 6.84. The molecule has 0 bridgehead atoms. The SMILES string of the molecule is C=CCC1OC1COc1cc(Br)cc(Br)c1. The predicted octanol–water partition coefficient (Wildman–Crippen LogP) is 3.93. The average molecular weight is 348 g/mol. The van der Waals surface area contributed by atoms with Gasteiger partial charge in [0.25, 0.3) is 0 Å². The molecule has 2 atom stereocenters. The highest BCUT2D eigenvalue weighted by Gasteiger charge is 2.38. The minimum Gasteiger partial charge on any atom is -0.491 e. The van der Waals surface area contributed by atoms with Crippen LogP contribution in [0.15, 0.2) is 39.8 Å². The first kappa shape index (κ1) is 12.1. The second kappa shape index (κ2) is 5.34. The van der Waals surface area contributed by atoms with Gasteiger partial charge >= 0.3 is 0 Å². The van der Waals surface area contributed by atoms with E-state index in [9.17, 15) is 0 Å². The number of rotatable bonds is 5. The average Bonchev–Trinajstić information content (AvgIpc) is 2.93. The van der Waals surface area contributed by atoms with Crippen molar-refractivity contribution >= 4 is 31.9 Å². The molecule has 86 valence electrons. The van der Waals surface area contributed by atoms with Crippen LogP contribution in [0.4, 0.5) is 0 Å². The summed E-state index contributed by atoms with van der Waals surface area (Å²) in [5, 5.41) is 0. The molecule has 0 aromatic heterocycles. The molecule has 0 radical (unpaired) electrons. The first-order chi connectivity index (χ1) is 7.69. The summed E-state index contributed by atoms with van der Waals surface area (Å²) in [7, 11) is 0. The molecule has 1 fully saturated rings. The minimum atomic E-state index is 0.218. The molecule has 4 heteroatoms. The lowest BCUT2D eigenvalue weighted by Gasteiger charge is -2.05. The third kappa shape index (κ3) is 3.34. The molecule has 1 aliphatic heterocycles. The van der Waals surface area contributed by atoms with Gasteiger partial charge in [0.05, 0.1) is 6.10 Å². The van der Waals surface area contributed by atoms with Crippen LogP contribution in [0.1, 0.15) is 6.42 Å². The second-order valence-electron chi connectivity index (χ2n) is 3.65. The van der Waals surface area contributed by atoms with Crippen LogP contribution in [0.5, 0.6) is 5.75 Å². The van der Waals surface area contributed by atoms with E-state index in [4.69, 9.17) is 9.47 Å². The van der Waals surface area contributed by atoms with Gasteiger partial charge in [0, 0.05) is 8.95 Å². The quantitative estimate of drug-likeness (QED) is 0.594. The maximum atomic E-state index is 5.65. The van der Waals surface area contributed by atoms with Crippen LogP contribution in [0, 0.1) is 0 Å². The van der Waals surface area contributed by atoms with Crippen molar-refractivity contribution in [2.75, 3.05) is 6.61 Å². The van der Waals surface area contributed by atoms with Crippen molar-refractivity contribution in [3.63, 3.8) is 0 Å². The van der Waals surface area contributed by atoms with E-state index < -0.39 is 0 Å². The molecule has 1 aromatic carbocycles. The fourth-order valence-corrected chi connectivity index (χ4v) is 2.74. The molecule has 1 aliphatic rings. The zero-order chi connectivity index (χ0) is 11.5. The van der Waals surface area contributed by atoms with E-state index in [1.54, 1.807) is 0 Å². The highest BCUT2D eigenvalue weighted by atomic mass is 79.9. The molecule has 1 aromatic rings. The van der Waals surface area contributed by atoms with Crippen molar-refractivity contribution in [2.24, 2.45) is 0 Å². The normalized spacial score (nSPS) is 22.9. The molecule has 0 N–H and O–H groups in total. The van der Waals surface area contributed by atoms with Crippen molar-refractivity contribution in [3.05, 3.63) is 39.8 Å². The Bertz CT molecular complexity index is 372. The lowest BCUT2D eigenvalue weighted by molar-refractivity contribution is 0.260. The molecule has 16 heavy (non-hydrogen) atoms. The summed E-state index contributed by atoms with van der Waals surface area (Å²) in [4.78, 5) is 0. The van der Waals surface area contributed by atoms with Gasteiger partial charge in [0.2, 0.25) is 0 Å². The van der Waals surface area contributed by atoms with Crippen LogP contribution < -0.4 is 4.74 Å². The number of halogens is 2. The Morgan fingerprint density at radius 2 is 1.94 bits per heavy atom. The summed E-state index contributed by atoms with van der Waals surface area (Å²) in [6.45, 7) is 4.28. The van der Waals surface area contributed by atoms with E-state index >= 15 is 0 Å². The van der Waals surface area contributed by atoms with Gasteiger partial charge < -0.3 is 9.47 Å². The molecule has 1 saturated heterocycles. The van der Waals surface area contributed by atoms with Gasteiger partial charge in [-0.1, -0.05) is 37.9 Å². The molecule has 2 nitrogen and oxygen atoms in total. The lowest BCUT2D eigenvalue weighted by Crippen LogP contribution is -2.07. The Kier molecular flexibility index (Phi) is 4.05. The summed E-state index contributed by atoms with van der Waals surface area (Å²) in [5.41, 5.74) is 0. The molecule has 2 unspecified atom stereocenters. The van der Waals surface area contributed by atoms with Crippen molar-refractivity contribution in [2.45, 2.75) is 18.6 Å². The first-order valence-electron chi connectivity index (χ1n) is 5.04. The maximum Gasteiger partial charge on any atom is 0.121 e. The first-order valence-corrected chi connectivity index (χ1v) is 6.63. The van der Waals surface area contributed by atoms with E-state index in [2.05, 4.69) is 38.4 Å². The Labute approximate surface area is 112 Å². The molecule has 1 heterocycles. The largest absolute Gasteiger partial charge is 0.491 e. The number of hydrogen-bond donors (Lipinski definition) is 0. The predicted molar refractivity (Wildman–Crippen MR) is 70.8 cm³/mol. The number of hydrogen-bond acceptors (Lipinski definition) is 2. The van der Waals surface area contributed by atoms with Gasteiger partial charge in [-0.05, 0) is 24.6 Å². The van der Waals surface area contributed by atoms with Crippen LogP contribution in [0.25, 0.3) is 0 Å². The smallest absolute Gasteiger partial charge is 0.121 e. The topological polar surface area (TPSA) is 21.8 Å². The van der Waals surface area contributed by atoms with Gasteiger partial charge in [-0.25, -0.2) is 0 Å². The van der Waals surface area contributed by atoms with Crippen molar-refractivity contribution in [1.82, 2.24) is 0 Å². The van der Waals surface area contributed by atoms with Crippen LogP contribution in [0.2, 0.25) is 0 Å². The Balaban J connectivity index is 1.84. The molecular weight excluding hydrogens is 336 g/mol. The van der Waals surface area contributed by atoms with Crippen LogP contribution >= 0.6 is 31.9 Å². The number of benzene rings is 1. The third-order valence-corrected chi connectivity index (χ3v) is 3.25. The second-order valence-corrected chi connectivity index (χ2v) is 5.48. The molecule has 2 rings (SSSR count). The molecule has 0 saturated carbocycles. The van der Waals surface area contributed by atoms with Gasteiger partial charge in [0.1, 0.15) is 18.5 Å². The van der Waals surface area contributed by atoms with Crippen molar-refractivity contribution < 1.29 is 9.47 Å². The van der Waals surface area contributed by atoms with Crippen LogP contribution in [-0.2, 0) is 4.74 Å². The Hall–Kier alpha value is -0.320. The molecule has 0 amide bonds. The Morgan fingerprint density at radius 1 is 1.25 bits per heavy atom. The van der Waals surface area contributed by atoms with Crippen LogP contribution in [-0.4, -0.2) is 18.8 Å². The highest BCUT2D eigenvalue weighted by Crippen LogP contribution is 2.29. The Morgan fingerprint density at radius 3 is 2.56 bits per heavy atom. The lowest BCUT2D eigenvalue weighted by atomic mass is 10.2. The van der Waals surface area contributed by atoms with Crippen molar-refractivity contribution in [3.8, 4) is 5.75 Å². The van der Waals surface area contributed by atoms with Crippen LogP contribution in [0.3, 0.4) is 0 Å². The van der Waals surface area contributed by atoms with E-state index in [1.165, 1.54) is 0 Å². The number of ether oxygens (including phenoxy) is 2. The van der Waals surface area contributed by atoms with E-state index in [0.29, 0.717) is 12.7 Å². The zero-order valence-electron chi connectivity index (χ0n) is 8.66. The molecule has 0 aliphatic carbocycles. The molecular formula is C12H12Br2O2. The van der Waals surface area contributed by atoms with Gasteiger partial charge in [0.15, 0.2) is 0 Å². The van der Waals surface area contributed by atoms with Gasteiger partial charge in [-0.15, -0.1) is 6.58 Å². The van der Waals surface area contributed by atoms with Crippen molar-refractivity contribution in [1.29, 1.82) is 0 Å². The van der Waals surface area contributed by atoms with E-state index in [0.717, 1.165) is 21.1 Å². The summed E-state index contributed by atoms with van der Waals surface area (Å²) in [6.07, 6.45) is 3.29. The van der Waals surface area contributed by atoms with Gasteiger partial charge in [-0.2, -0.15) is 0 Å². The monoisotopic (exact) mass is 346 g/mol. The standard InChI is InChI=1S/C12H12Br2O2/c1-2-3-11-12(16-11)7-15-10-5-8(13)4-9(14)6-10/h2,4-6,11-12H,1,3,7H2. The summed E-state index contributed by atoms with van der Waals surface area (Å²) in [5.74, 6) is 0.842. The third-order valence-electron chi connectivity index (χ3n) is 2.34. The minimum absolute atomic E-state index is 0.218. The fraction of sp³-hybridized carbons (Fsp3) is 0.333. The molecule has 0 spiro atoms. The van der Waals surface area contributed by atoms with E-state index in [-0.39, 0.29) is 6.10 Å². The number of epoxide rings is 1. The van der Waals surface area contributed by atoms with E-state index in [1.807, 2.05) is 24.3 Å². The zero-order valence-corrected chi connectivity index (χ0v) is 11.8. The summed E-state index contributed by atoms with van der Waals surface area (Å²) in [6, 6.07) is 5.85. The maximum absolute atomic E-state index is 5.65. The van der Waals surface area contributed by atoms with Gasteiger partial charge in [-0.3, -0.25) is 0 Å².